The lowest BCUT2D eigenvalue weighted by atomic mass is 10.1. The molecule has 0 fully saturated rings. The van der Waals surface area contributed by atoms with Crippen LogP contribution in [0.5, 0.6) is 0 Å². The second kappa shape index (κ2) is 5.13. The molecule has 23 heavy (non-hydrogen) atoms. The lowest BCUT2D eigenvalue weighted by molar-refractivity contribution is 0.0642. The summed E-state index contributed by atoms with van der Waals surface area (Å²) in [5.41, 5.74) is 3.44. The monoisotopic (exact) mass is 369 g/mol. The molecule has 1 unspecified atom stereocenters. The van der Waals surface area contributed by atoms with Gasteiger partial charge in [0.15, 0.2) is 5.78 Å². The van der Waals surface area contributed by atoms with E-state index in [0.29, 0.717) is 17.5 Å². The van der Waals surface area contributed by atoms with Gasteiger partial charge in [0, 0.05) is 5.56 Å². The number of rotatable bonds is 2. The van der Waals surface area contributed by atoms with Crippen molar-refractivity contribution in [2.45, 2.75) is 17.8 Å². The summed E-state index contributed by atoms with van der Waals surface area (Å²) in [5, 5.41) is 0. The Balaban J connectivity index is 1.63. The molecule has 0 bridgehead atoms. The fourth-order valence-electron chi connectivity index (χ4n) is 3.17. The first kappa shape index (κ1) is 14.3. The molecule has 1 aliphatic heterocycles. The number of halogens is 1. The molecule has 2 aromatic rings. The van der Waals surface area contributed by atoms with Crippen LogP contribution in [0.2, 0.25) is 0 Å². The van der Waals surface area contributed by atoms with Crippen LogP contribution in [0.3, 0.4) is 0 Å². The van der Waals surface area contributed by atoms with Gasteiger partial charge < -0.3 is 0 Å². The van der Waals surface area contributed by atoms with Gasteiger partial charge in [-0.3, -0.25) is 19.3 Å². The number of carbonyl (C=O) groups is 3. The molecule has 2 amide bonds. The summed E-state index contributed by atoms with van der Waals surface area (Å²) in [5.74, 6) is -0.437. The molecular formula is C18H12BrNO3. The minimum absolute atomic E-state index is 0.0901. The van der Waals surface area contributed by atoms with Gasteiger partial charge in [-0.25, -0.2) is 0 Å². The number of fused-ring (bicyclic) bond motifs is 2. The van der Waals surface area contributed by atoms with E-state index in [4.69, 9.17) is 0 Å². The minimum atomic E-state index is -0.263. The van der Waals surface area contributed by atoms with Gasteiger partial charge in [0.2, 0.25) is 0 Å². The Morgan fingerprint density at radius 2 is 1.61 bits per heavy atom. The first-order valence-corrected chi connectivity index (χ1v) is 8.23. The third-order valence-electron chi connectivity index (χ3n) is 4.34. The smallest absolute Gasteiger partial charge is 0.261 e. The molecule has 2 aromatic carbocycles. The van der Waals surface area contributed by atoms with Gasteiger partial charge in [0.05, 0.1) is 22.5 Å². The van der Waals surface area contributed by atoms with Crippen LogP contribution >= 0.6 is 15.9 Å². The highest BCUT2D eigenvalue weighted by Gasteiger charge is 2.35. The van der Waals surface area contributed by atoms with Crippen molar-refractivity contribution in [1.29, 1.82) is 0 Å². The third-order valence-corrected chi connectivity index (χ3v) is 5.08. The molecule has 0 N–H and O–H groups in total. The number of imide groups is 1. The molecule has 114 valence electrons. The van der Waals surface area contributed by atoms with E-state index in [1.807, 2.05) is 12.1 Å². The first-order chi connectivity index (χ1) is 11.1. The van der Waals surface area contributed by atoms with Crippen LogP contribution in [0.1, 0.15) is 42.2 Å². The minimum Gasteiger partial charge on any atom is -0.293 e. The van der Waals surface area contributed by atoms with Crippen LogP contribution in [0, 0.1) is 0 Å². The van der Waals surface area contributed by atoms with Crippen molar-refractivity contribution in [3.63, 3.8) is 0 Å². The van der Waals surface area contributed by atoms with Crippen molar-refractivity contribution >= 4 is 33.5 Å². The molecule has 0 spiro atoms. The maximum absolute atomic E-state index is 12.4. The molecule has 1 atom stereocenters. The number of hydrogen-bond acceptors (Lipinski definition) is 3. The van der Waals surface area contributed by atoms with Gasteiger partial charge in [-0.1, -0.05) is 46.3 Å². The molecule has 1 aliphatic carbocycles. The van der Waals surface area contributed by atoms with Crippen LogP contribution in [0.25, 0.3) is 0 Å². The SMILES string of the molecule is O=C1c2ccc(CN3C(=O)c4ccccc4C3=O)cc2CC1Br. The quantitative estimate of drug-likeness (QED) is 0.603. The van der Waals surface area contributed by atoms with E-state index in [1.54, 1.807) is 30.3 Å². The Bertz CT molecular complexity index is 839. The zero-order chi connectivity index (χ0) is 16.1. The van der Waals surface area contributed by atoms with E-state index in [0.717, 1.165) is 16.7 Å². The van der Waals surface area contributed by atoms with E-state index in [1.165, 1.54) is 4.90 Å². The van der Waals surface area contributed by atoms with Crippen molar-refractivity contribution in [2.24, 2.45) is 0 Å². The second-order valence-electron chi connectivity index (χ2n) is 5.77. The van der Waals surface area contributed by atoms with Crippen molar-refractivity contribution < 1.29 is 14.4 Å². The Kier molecular flexibility index (Phi) is 3.20. The number of amides is 2. The lowest BCUT2D eigenvalue weighted by Crippen LogP contribution is -2.29. The normalized spacial score (nSPS) is 19.3. The summed E-state index contributed by atoms with van der Waals surface area (Å²) < 4.78 is 0. The van der Waals surface area contributed by atoms with E-state index < -0.39 is 0 Å². The Morgan fingerprint density at radius 3 is 2.26 bits per heavy atom. The van der Waals surface area contributed by atoms with Crippen LogP contribution in [0.15, 0.2) is 42.5 Å². The first-order valence-electron chi connectivity index (χ1n) is 7.31. The van der Waals surface area contributed by atoms with Crippen molar-refractivity contribution in [1.82, 2.24) is 4.90 Å². The van der Waals surface area contributed by atoms with Gasteiger partial charge in [-0.05, 0) is 29.7 Å². The summed E-state index contributed by atoms with van der Waals surface area (Å²) in [6.07, 6.45) is 0.643. The van der Waals surface area contributed by atoms with Crippen LogP contribution in [-0.4, -0.2) is 27.3 Å². The fraction of sp³-hybridized carbons (Fsp3) is 0.167. The predicted molar refractivity (Wildman–Crippen MR) is 87.8 cm³/mol. The van der Waals surface area contributed by atoms with Gasteiger partial charge >= 0.3 is 0 Å². The summed E-state index contributed by atoms with van der Waals surface area (Å²) in [6.45, 7) is 0.223. The largest absolute Gasteiger partial charge is 0.293 e. The molecule has 0 radical (unpaired) electrons. The summed E-state index contributed by atoms with van der Waals surface area (Å²) in [6, 6.07) is 12.4. The number of Topliss-reactive ketones (excluding diaryl/α,β-unsaturated/α-hetero) is 1. The lowest BCUT2D eigenvalue weighted by Gasteiger charge is -2.14. The Morgan fingerprint density at radius 1 is 0.957 bits per heavy atom. The maximum atomic E-state index is 12.4. The van der Waals surface area contributed by atoms with E-state index in [-0.39, 0.29) is 29.0 Å². The molecule has 5 heteroatoms. The zero-order valence-electron chi connectivity index (χ0n) is 12.1. The Hall–Kier alpha value is -2.27. The van der Waals surface area contributed by atoms with E-state index in [9.17, 15) is 14.4 Å². The molecule has 0 saturated carbocycles. The van der Waals surface area contributed by atoms with E-state index >= 15 is 0 Å². The summed E-state index contributed by atoms with van der Waals surface area (Å²) in [7, 11) is 0. The van der Waals surface area contributed by atoms with Crippen LogP contribution in [0.4, 0.5) is 0 Å². The summed E-state index contributed by atoms with van der Waals surface area (Å²) in [4.78, 5) is 37.8. The highest BCUT2D eigenvalue weighted by Crippen LogP contribution is 2.29. The third kappa shape index (κ3) is 2.15. The van der Waals surface area contributed by atoms with Crippen LogP contribution < -0.4 is 0 Å². The molecule has 1 heterocycles. The average Bonchev–Trinajstić information content (AvgIpc) is 2.97. The molecular weight excluding hydrogens is 358 g/mol. The summed E-state index contributed by atoms with van der Waals surface area (Å²) >= 11 is 3.37. The molecule has 2 aliphatic rings. The number of benzene rings is 2. The van der Waals surface area contributed by atoms with Gasteiger partial charge in [-0.2, -0.15) is 0 Å². The number of carbonyl (C=O) groups excluding carboxylic acids is 3. The molecule has 4 rings (SSSR count). The van der Waals surface area contributed by atoms with Gasteiger partial charge in [-0.15, -0.1) is 0 Å². The van der Waals surface area contributed by atoms with Crippen molar-refractivity contribution in [3.05, 3.63) is 70.3 Å². The average molecular weight is 370 g/mol. The second-order valence-corrected chi connectivity index (χ2v) is 6.87. The van der Waals surface area contributed by atoms with Crippen LogP contribution in [-0.2, 0) is 13.0 Å². The highest BCUT2D eigenvalue weighted by atomic mass is 79.9. The number of alkyl halides is 1. The fourth-order valence-corrected chi connectivity index (χ4v) is 3.77. The standard InChI is InChI=1S/C18H12BrNO3/c19-15-8-11-7-10(5-6-12(11)16(15)21)9-20-17(22)13-3-1-2-4-14(13)18(20)23/h1-7,15H,8-9H2. The molecule has 0 aromatic heterocycles. The van der Waals surface area contributed by atoms with Gasteiger partial charge in [0.1, 0.15) is 0 Å². The van der Waals surface area contributed by atoms with Crippen molar-refractivity contribution in [2.75, 3.05) is 0 Å². The number of hydrogen-bond donors (Lipinski definition) is 0. The Labute approximate surface area is 141 Å². The zero-order valence-corrected chi connectivity index (χ0v) is 13.7. The van der Waals surface area contributed by atoms with E-state index in [2.05, 4.69) is 15.9 Å². The van der Waals surface area contributed by atoms with Crippen molar-refractivity contribution in [3.8, 4) is 0 Å². The highest BCUT2D eigenvalue weighted by molar-refractivity contribution is 9.10. The molecule has 4 nitrogen and oxygen atoms in total. The number of ketones is 1. The predicted octanol–water partition coefficient (Wildman–Crippen LogP) is 2.99. The topological polar surface area (TPSA) is 54.5 Å². The number of nitrogens with zero attached hydrogens (tertiary/aromatic N) is 1. The molecule has 0 saturated heterocycles. The van der Waals surface area contributed by atoms with Gasteiger partial charge in [0.25, 0.3) is 11.8 Å². The maximum Gasteiger partial charge on any atom is 0.261 e.